The normalized spacial score (nSPS) is 11.7. The molecule has 29 heavy (non-hydrogen) atoms. The van der Waals surface area contributed by atoms with Gasteiger partial charge in [-0.3, -0.25) is 14.3 Å². The molecule has 0 radical (unpaired) electrons. The van der Waals surface area contributed by atoms with Gasteiger partial charge in [0.2, 0.25) is 11.8 Å². The average Bonchev–Trinajstić information content (AvgIpc) is 3.34. The Bertz CT molecular complexity index is 1250. The minimum atomic E-state index is -3.76. The number of aryl methyl sites for hydroxylation is 1. The van der Waals surface area contributed by atoms with E-state index < -0.39 is 22.1 Å². The molecule has 0 spiro atoms. The number of alkyl halides is 3. The van der Waals surface area contributed by atoms with Crippen LogP contribution in [0.1, 0.15) is 5.89 Å². The molecule has 0 aliphatic heterocycles. The van der Waals surface area contributed by atoms with Gasteiger partial charge in [0.25, 0.3) is 10.9 Å². The highest BCUT2D eigenvalue weighted by Gasteiger charge is 2.35. The summed E-state index contributed by atoms with van der Waals surface area (Å²) in [6.45, 7) is 0. The number of nitrogens with one attached hydrogen (secondary N) is 2. The molecule has 0 atom stereocenters. The smallest absolute Gasteiger partial charge is 0.350 e. The number of hydrogen-bond donors (Lipinski definition) is 2. The summed E-state index contributed by atoms with van der Waals surface area (Å²) in [5, 5.41) is 9.18. The highest BCUT2D eigenvalue weighted by atomic mass is 35.5. The molecule has 0 aliphatic rings. The van der Waals surface area contributed by atoms with Crippen molar-refractivity contribution in [2.45, 2.75) is 5.38 Å². The van der Waals surface area contributed by atoms with Crippen molar-refractivity contribution in [3.05, 3.63) is 56.9 Å². The Balaban J connectivity index is 1.53. The fraction of sp³-hybridized carbons (Fsp3) is 0.125. The third kappa shape index (κ3) is 3.57. The fourth-order valence-corrected chi connectivity index (χ4v) is 2.52. The molecule has 0 aliphatic carbocycles. The van der Waals surface area contributed by atoms with Crippen LogP contribution in [0.15, 0.2) is 44.7 Å². The largest absolute Gasteiger partial charge is 0.400 e. The molecule has 2 aromatic carbocycles. The maximum atomic E-state index is 13.0. The van der Waals surface area contributed by atoms with Gasteiger partial charge in [-0.05, 0) is 35.9 Å². The van der Waals surface area contributed by atoms with Crippen molar-refractivity contribution < 1.29 is 13.3 Å². The van der Waals surface area contributed by atoms with E-state index in [9.17, 15) is 18.4 Å². The monoisotopic (exact) mass is 421 g/mol. The van der Waals surface area contributed by atoms with Crippen LogP contribution in [0.4, 0.5) is 31.8 Å². The van der Waals surface area contributed by atoms with Gasteiger partial charge in [0, 0.05) is 18.3 Å². The molecule has 4 rings (SSSR count). The van der Waals surface area contributed by atoms with Gasteiger partial charge < -0.3 is 15.2 Å². The van der Waals surface area contributed by atoms with E-state index in [4.69, 9.17) is 11.6 Å². The molecular formula is C16H10ClF2N7O3. The predicted octanol–water partition coefficient (Wildman–Crippen LogP) is 2.24. The van der Waals surface area contributed by atoms with Crippen molar-refractivity contribution in [3.63, 3.8) is 0 Å². The standard InChI is InChI=1S/C16H10ClF2N7O3/c1-26-6-20-15(24-26)22-10-9(11(27)12(10)28)21-8-4-2-7(3-5-8)13-23-14(29-25-13)16(17,18)19/h2-6,21H,1H3,(H,22,24). The fourth-order valence-electron chi connectivity index (χ4n) is 2.44. The van der Waals surface area contributed by atoms with Crippen LogP contribution in [0.25, 0.3) is 11.4 Å². The molecule has 2 aromatic heterocycles. The van der Waals surface area contributed by atoms with E-state index >= 15 is 0 Å². The summed E-state index contributed by atoms with van der Waals surface area (Å²) in [7, 11) is 1.65. The van der Waals surface area contributed by atoms with Gasteiger partial charge in [0.1, 0.15) is 17.7 Å². The quantitative estimate of drug-likeness (QED) is 0.355. The highest BCUT2D eigenvalue weighted by Crippen LogP contribution is 2.32. The van der Waals surface area contributed by atoms with Crippen LogP contribution in [-0.4, -0.2) is 24.9 Å². The number of rotatable bonds is 6. The van der Waals surface area contributed by atoms with Crippen molar-refractivity contribution in [2.24, 2.45) is 7.05 Å². The van der Waals surface area contributed by atoms with Crippen LogP contribution in [0.5, 0.6) is 0 Å². The Hall–Kier alpha value is -3.67. The first-order valence-corrected chi connectivity index (χ1v) is 8.34. The lowest BCUT2D eigenvalue weighted by Gasteiger charge is -2.13. The lowest BCUT2D eigenvalue weighted by atomic mass is 10.1. The molecule has 0 unspecified atom stereocenters. The number of nitrogens with zero attached hydrogens (tertiary/aromatic N) is 5. The van der Waals surface area contributed by atoms with Crippen LogP contribution in [0.3, 0.4) is 0 Å². The Morgan fingerprint density at radius 2 is 1.76 bits per heavy atom. The van der Waals surface area contributed by atoms with Crippen LogP contribution < -0.4 is 21.5 Å². The van der Waals surface area contributed by atoms with E-state index in [2.05, 4.69) is 35.4 Å². The molecule has 2 heterocycles. The third-order valence-corrected chi connectivity index (χ3v) is 3.99. The van der Waals surface area contributed by atoms with Gasteiger partial charge in [0.05, 0.1) is 0 Å². The Kier molecular flexibility index (Phi) is 4.34. The summed E-state index contributed by atoms with van der Waals surface area (Å²) in [4.78, 5) is 31.2. The first kappa shape index (κ1) is 18.7. The number of hydrogen-bond acceptors (Lipinski definition) is 9. The predicted molar refractivity (Wildman–Crippen MR) is 98.4 cm³/mol. The third-order valence-electron chi connectivity index (χ3n) is 3.83. The van der Waals surface area contributed by atoms with Crippen molar-refractivity contribution >= 4 is 34.6 Å². The van der Waals surface area contributed by atoms with Crippen molar-refractivity contribution in [1.82, 2.24) is 24.9 Å². The number of halogens is 3. The zero-order valence-corrected chi connectivity index (χ0v) is 15.2. The number of aromatic nitrogens is 5. The number of anilines is 4. The summed E-state index contributed by atoms with van der Waals surface area (Å²) in [6.07, 6.45) is 1.43. The molecule has 0 bridgehead atoms. The van der Waals surface area contributed by atoms with Crippen LogP contribution in [0, 0.1) is 0 Å². The molecule has 0 fully saturated rings. The van der Waals surface area contributed by atoms with Gasteiger partial charge >= 0.3 is 11.3 Å². The summed E-state index contributed by atoms with van der Waals surface area (Å²) in [5.74, 6) is -0.925. The van der Waals surface area contributed by atoms with Gasteiger partial charge in [-0.15, -0.1) is 5.10 Å². The van der Waals surface area contributed by atoms with E-state index in [1.54, 1.807) is 19.2 Å². The summed E-state index contributed by atoms with van der Waals surface area (Å²) in [5.41, 5.74) is -0.453. The molecule has 0 saturated carbocycles. The van der Waals surface area contributed by atoms with Gasteiger partial charge in [0.15, 0.2) is 0 Å². The van der Waals surface area contributed by atoms with Crippen molar-refractivity contribution in [2.75, 3.05) is 10.6 Å². The zero-order valence-electron chi connectivity index (χ0n) is 14.5. The van der Waals surface area contributed by atoms with E-state index in [0.717, 1.165) is 0 Å². The van der Waals surface area contributed by atoms with Crippen LogP contribution in [0.2, 0.25) is 0 Å². The van der Waals surface area contributed by atoms with E-state index in [1.807, 2.05) is 0 Å². The lowest BCUT2D eigenvalue weighted by Crippen LogP contribution is -2.36. The molecular weight excluding hydrogens is 412 g/mol. The topological polar surface area (TPSA) is 128 Å². The lowest BCUT2D eigenvalue weighted by molar-refractivity contribution is 0.0551. The summed E-state index contributed by atoms with van der Waals surface area (Å²) < 4.78 is 31.8. The Labute approximate surface area is 164 Å². The minimum Gasteiger partial charge on any atom is -0.350 e. The molecule has 2 N–H and O–H groups in total. The van der Waals surface area contributed by atoms with Gasteiger partial charge in [-0.1, -0.05) is 5.16 Å². The summed E-state index contributed by atoms with van der Waals surface area (Å²) >= 11 is 4.84. The van der Waals surface area contributed by atoms with E-state index in [0.29, 0.717) is 11.3 Å². The molecule has 0 amide bonds. The first-order chi connectivity index (χ1) is 13.7. The maximum Gasteiger partial charge on any atom is 0.400 e. The second kappa shape index (κ2) is 6.74. The van der Waals surface area contributed by atoms with Crippen LogP contribution in [-0.2, 0) is 12.4 Å². The maximum absolute atomic E-state index is 13.0. The Morgan fingerprint density at radius 1 is 1.10 bits per heavy atom. The number of benzene rings is 1. The minimum absolute atomic E-state index is 0.0393. The van der Waals surface area contributed by atoms with Crippen molar-refractivity contribution in [3.8, 4) is 11.4 Å². The molecule has 10 nitrogen and oxygen atoms in total. The molecule has 4 aromatic rings. The Morgan fingerprint density at radius 3 is 2.31 bits per heavy atom. The zero-order chi connectivity index (χ0) is 20.8. The SMILES string of the molecule is Cn1cnc(Nc2c(Nc3ccc(-c4noc(C(F)(F)Cl)n4)cc3)c(=O)c2=O)n1. The highest BCUT2D eigenvalue weighted by molar-refractivity contribution is 6.21. The average molecular weight is 422 g/mol. The summed E-state index contributed by atoms with van der Waals surface area (Å²) in [6, 6.07) is 6.12. The van der Waals surface area contributed by atoms with E-state index in [1.165, 1.54) is 23.1 Å². The second-order valence-electron chi connectivity index (χ2n) is 5.90. The first-order valence-electron chi connectivity index (χ1n) is 7.96. The van der Waals surface area contributed by atoms with Crippen molar-refractivity contribution in [1.29, 1.82) is 0 Å². The second-order valence-corrected chi connectivity index (χ2v) is 6.37. The van der Waals surface area contributed by atoms with Gasteiger partial charge in [-0.25, -0.2) is 4.98 Å². The molecule has 148 valence electrons. The molecule has 13 heteroatoms. The van der Waals surface area contributed by atoms with Crippen LogP contribution >= 0.6 is 11.6 Å². The van der Waals surface area contributed by atoms with E-state index in [-0.39, 0.29) is 23.1 Å². The van der Waals surface area contributed by atoms with Gasteiger partial charge in [-0.2, -0.15) is 13.8 Å². The molecule has 0 saturated heterocycles.